The van der Waals surface area contributed by atoms with Crippen LogP contribution in [-0.2, 0) is 11.3 Å². The van der Waals surface area contributed by atoms with Gasteiger partial charge in [-0.2, -0.15) is 0 Å². The quantitative estimate of drug-likeness (QED) is 0.915. The molecule has 0 fully saturated rings. The van der Waals surface area contributed by atoms with Gasteiger partial charge in [0.25, 0.3) is 0 Å². The highest BCUT2D eigenvalue weighted by Gasteiger charge is 2.10. The zero-order chi connectivity index (χ0) is 15.2. The summed E-state index contributed by atoms with van der Waals surface area (Å²) in [5.41, 5.74) is 2.18. The molecule has 2 aromatic carbocycles. The second kappa shape index (κ2) is 6.99. The van der Waals surface area contributed by atoms with Crippen LogP contribution in [0.2, 0.25) is 0 Å². The van der Waals surface area contributed by atoms with E-state index in [0.717, 1.165) is 11.1 Å². The standard InChI is InChI=1S/C17H19FN2O/c1-13-8-9-16(15(18)10-13)19-17(21)12-20(2)11-14-6-4-3-5-7-14/h3-10H,11-12H2,1-2H3,(H,19,21). The smallest absolute Gasteiger partial charge is 0.238 e. The van der Waals surface area contributed by atoms with Crippen LogP contribution in [0.25, 0.3) is 0 Å². The first kappa shape index (κ1) is 15.2. The summed E-state index contributed by atoms with van der Waals surface area (Å²) in [6.07, 6.45) is 0. The van der Waals surface area contributed by atoms with Crippen molar-refractivity contribution in [1.82, 2.24) is 4.90 Å². The lowest BCUT2D eigenvalue weighted by atomic mass is 10.2. The number of hydrogen-bond donors (Lipinski definition) is 1. The van der Waals surface area contributed by atoms with Gasteiger partial charge in [-0.3, -0.25) is 9.69 Å². The number of hydrogen-bond acceptors (Lipinski definition) is 2. The monoisotopic (exact) mass is 286 g/mol. The Balaban J connectivity index is 1.89. The average molecular weight is 286 g/mol. The summed E-state index contributed by atoms with van der Waals surface area (Å²) in [4.78, 5) is 13.8. The first-order valence-electron chi connectivity index (χ1n) is 6.83. The maximum Gasteiger partial charge on any atom is 0.238 e. The summed E-state index contributed by atoms with van der Waals surface area (Å²) in [5, 5.41) is 2.60. The first-order chi connectivity index (χ1) is 10.0. The fourth-order valence-corrected chi connectivity index (χ4v) is 2.11. The number of anilines is 1. The highest BCUT2D eigenvalue weighted by molar-refractivity contribution is 5.92. The van der Waals surface area contributed by atoms with Crippen molar-refractivity contribution in [3.05, 3.63) is 65.5 Å². The molecule has 0 spiro atoms. The van der Waals surface area contributed by atoms with Crippen LogP contribution < -0.4 is 5.32 Å². The molecule has 0 aliphatic heterocycles. The van der Waals surface area contributed by atoms with Gasteiger partial charge in [0, 0.05) is 6.54 Å². The van der Waals surface area contributed by atoms with Gasteiger partial charge in [-0.05, 0) is 37.2 Å². The van der Waals surface area contributed by atoms with Gasteiger partial charge < -0.3 is 5.32 Å². The number of carbonyl (C=O) groups is 1. The molecule has 3 nitrogen and oxygen atoms in total. The van der Waals surface area contributed by atoms with Crippen molar-refractivity contribution in [2.24, 2.45) is 0 Å². The molecule has 1 amide bonds. The zero-order valence-corrected chi connectivity index (χ0v) is 12.3. The van der Waals surface area contributed by atoms with Gasteiger partial charge in [0.05, 0.1) is 12.2 Å². The van der Waals surface area contributed by atoms with Gasteiger partial charge in [0.2, 0.25) is 5.91 Å². The fourth-order valence-electron chi connectivity index (χ4n) is 2.11. The molecule has 0 atom stereocenters. The fraction of sp³-hybridized carbons (Fsp3) is 0.235. The van der Waals surface area contributed by atoms with E-state index < -0.39 is 5.82 Å². The summed E-state index contributed by atoms with van der Waals surface area (Å²) in [6, 6.07) is 14.7. The van der Waals surface area contributed by atoms with Crippen molar-refractivity contribution in [2.75, 3.05) is 18.9 Å². The number of nitrogens with zero attached hydrogens (tertiary/aromatic N) is 1. The third-order valence-corrected chi connectivity index (χ3v) is 3.11. The van der Waals surface area contributed by atoms with Gasteiger partial charge in [0.1, 0.15) is 5.82 Å². The molecule has 0 heterocycles. The molecule has 1 N–H and O–H groups in total. The molecule has 0 aliphatic rings. The summed E-state index contributed by atoms with van der Waals surface area (Å²) in [6.45, 7) is 2.69. The van der Waals surface area contributed by atoms with Crippen LogP contribution in [-0.4, -0.2) is 24.4 Å². The maximum atomic E-state index is 13.7. The lowest BCUT2D eigenvalue weighted by Crippen LogP contribution is -2.30. The highest BCUT2D eigenvalue weighted by Crippen LogP contribution is 2.15. The molecule has 4 heteroatoms. The summed E-state index contributed by atoms with van der Waals surface area (Å²) < 4.78 is 13.7. The van der Waals surface area contributed by atoms with Gasteiger partial charge in [0.15, 0.2) is 0 Å². The molecule has 0 radical (unpaired) electrons. The van der Waals surface area contributed by atoms with E-state index in [1.54, 1.807) is 12.1 Å². The van der Waals surface area contributed by atoms with Crippen LogP contribution in [0.15, 0.2) is 48.5 Å². The number of halogens is 1. The number of aryl methyl sites for hydroxylation is 1. The Bertz CT molecular complexity index is 613. The van der Waals surface area contributed by atoms with Crippen molar-refractivity contribution in [3.8, 4) is 0 Å². The van der Waals surface area contributed by atoms with Crippen molar-refractivity contribution >= 4 is 11.6 Å². The van der Waals surface area contributed by atoms with E-state index in [1.165, 1.54) is 6.07 Å². The number of likely N-dealkylation sites (N-methyl/N-ethyl adjacent to an activating group) is 1. The van der Waals surface area contributed by atoms with E-state index in [0.29, 0.717) is 6.54 Å². The number of nitrogens with one attached hydrogen (secondary N) is 1. The predicted octanol–water partition coefficient (Wildman–Crippen LogP) is 3.20. The lowest BCUT2D eigenvalue weighted by Gasteiger charge is -2.16. The molecule has 0 unspecified atom stereocenters. The lowest BCUT2D eigenvalue weighted by molar-refractivity contribution is -0.117. The predicted molar refractivity (Wildman–Crippen MR) is 82.5 cm³/mol. The van der Waals surface area contributed by atoms with Gasteiger partial charge in [-0.15, -0.1) is 0 Å². The number of carbonyl (C=O) groups excluding carboxylic acids is 1. The van der Waals surface area contributed by atoms with E-state index in [2.05, 4.69) is 5.32 Å². The molecule has 0 aliphatic carbocycles. The Hall–Kier alpha value is -2.20. The molecule has 2 rings (SSSR count). The van der Waals surface area contributed by atoms with E-state index in [4.69, 9.17) is 0 Å². The van der Waals surface area contributed by atoms with Gasteiger partial charge >= 0.3 is 0 Å². The largest absolute Gasteiger partial charge is 0.322 e. The number of amides is 1. The second-order valence-electron chi connectivity index (χ2n) is 5.19. The third kappa shape index (κ3) is 4.68. The van der Waals surface area contributed by atoms with E-state index in [-0.39, 0.29) is 18.1 Å². The summed E-state index contributed by atoms with van der Waals surface area (Å²) in [5.74, 6) is -0.634. The van der Waals surface area contributed by atoms with Crippen LogP contribution in [0.4, 0.5) is 10.1 Å². The zero-order valence-electron chi connectivity index (χ0n) is 12.3. The van der Waals surface area contributed by atoms with Crippen LogP contribution in [0, 0.1) is 12.7 Å². The molecule has 0 bridgehead atoms. The molecule has 2 aromatic rings. The second-order valence-corrected chi connectivity index (χ2v) is 5.19. The Morgan fingerprint density at radius 2 is 1.90 bits per heavy atom. The first-order valence-corrected chi connectivity index (χ1v) is 6.83. The SMILES string of the molecule is Cc1ccc(NC(=O)CN(C)Cc2ccccc2)c(F)c1. The Morgan fingerprint density at radius 3 is 2.57 bits per heavy atom. The number of rotatable bonds is 5. The average Bonchev–Trinajstić information content (AvgIpc) is 2.43. The Kier molecular flexibility index (Phi) is 5.06. The van der Waals surface area contributed by atoms with E-state index >= 15 is 0 Å². The Morgan fingerprint density at radius 1 is 1.19 bits per heavy atom. The van der Waals surface area contributed by atoms with Crippen LogP contribution in [0.3, 0.4) is 0 Å². The minimum absolute atomic E-state index is 0.211. The van der Waals surface area contributed by atoms with Crippen molar-refractivity contribution < 1.29 is 9.18 Å². The van der Waals surface area contributed by atoms with Gasteiger partial charge in [-0.1, -0.05) is 36.4 Å². The van der Waals surface area contributed by atoms with E-state index in [9.17, 15) is 9.18 Å². The summed E-state index contributed by atoms with van der Waals surface area (Å²) >= 11 is 0. The molecular formula is C17H19FN2O. The topological polar surface area (TPSA) is 32.3 Å². The third-order valence-electron chi connectivity index (χ3n) is 3.11. The van der Waals surface area contributed by atoms with Gasteiger partial charge in [-0.25, -0.2) is 4.39 Å². The number of benzene rings is 2. The van der Waals surface area contributed by atoms with Crippen molar-refractivity contribution in [2.45, 2.75) is 13.5 Å². The molecule has 0 saturated heterocycles. The van der Waals surface area contributed by atoms with Crippen molar-refractivity contribution in [1.29, 1.82) is 0 Å². The molecule has 0 aromatic heterocycles. The minimum atomic E-state index is -0.408. The molecule has 0 saturated carbocycles. The maximum absolute atomic E-state index is 13.7. The van der Waals surface area contributed by atoms with Crippen molar-refractivity contribution in [3.63, 3.8) is 0 Å². The molecule has 21 heavy (non-hydrogen) atoms. The van der Waals surface area contributed by atoms with E-state index in [1.807, 2.05) is 49.2 Å². The minimum Gasteiger partial charge on any atom is -0.322 e. The van der Waals surface area contributed by atoms with Crippen LogP contribution >= 0.6 is 0 Å². The normalized spacial score (nSPS) is 10.7. The highest BCUT2D eigenvalue weighted by atomic mass is 19.1. The molecule has 110 valence electrons. The van der Waals surface area contributed by atoms with Crippen LogP contribution in [0.1, 0.15) is 11.1 Å². The Labute approximate surface area is 124 Å². The summed E-state index contributed by atoms with van der Waals surface area (Å²) in [7, 11) is 1.86. The van der Waals surface area contributed by atoms with Crippen LogP contribution in [0.5, 0.6) is 0 Å². The molecular weight excluding hydrogens is 267 g/mol.